The fourth-order valence-corrected chi connectivity index (χ4v) is 12.0. The lowest BCUT2D eigenvalue weighted by Crippen LogP contribution is -2.56. The van der Waals surface area contributed by atoms with E-state index in [2.05, 4.69) is 51.7 Å². The Kier molecular flexibility index (Phi) is 15.4. The molecule has 0 aliphatic heterocycles. The van der Waals surface area contributed by atoms with E-state index in [1.807, 2.05) is 0 Å². The predicted octanol–water partition coefficient (Wildman–Crippen LogP) is 7.49. The van der Waals surface area contributed by atoms with Gasteiger partial charge in [0.05, 0.1) is 37.0 Å². The van der Waals surface area contributed by atoms with Crippen LogP contribution in [0.25, 0.3) is 21.5 Å². The van der Waals surface area contributed by atoms with Crippen LogP contribution in [0, 0.1) is 56.5 Å². The first-order chi connectivity index (χ1) is 28.5. The van der Waals surface area contributed by atoms with Crippen molar-refractivity contribution in [1.29, 1.82) is 0 Å². The molecule has 4 aliphatic rings. The number of ether oxygens (including phenoxy) is 3. The first kappa shape index (κ1) is 44.5. The minimum absolute atomic E-state index is 0.0474. The molecule has 0 bridgehead atoms. The molecule has 0 radical (unpaired) electrons. The summed E-state index contributed by atoms with van der Waals surface area (Å²) in [5, 5.41) is 29.3. The lowest BCUT2D eigenvalue weighted by molar-refractivity contribution is -0.383. The summed E-state index contributed by atoms with van der Waals surface area (Å²) in [6, 6.07) is 2.46. The number of fused-ring (bicyclic) bond motifs is 6. The molecule has 2 aromatic rings. The number of amides is 1. The van der Waals surface area contributed by atoms with Gasteiger partial charge in [-0.15, -0.1) is 0 Å². The van der Waals surface area contributed by atoms with Crippen LogP contribution in [-0.4, -0.2) is 85.3 Å². The maximum Gasteiger partial charge on any atom is 0.305 e. The van der Waals surface area contributed by atoms with Crippen LogP contribution in [0.4, 0.5) is 11.4 Å². The van der Waals surface area contributed by atoms with Crippen molar-refractivity contribution < 1.29 is 33.4 Å². The molecule has 1 heterocycles. The second-order valence-corrected chi connectivity index (χ2v) is 18.1. The zero-order chi connectivity index (χ0) is 42.0. The van der Waals surface area contributed by atoms with Crippen LogP contribution in [0.3, 0.4) is 0 Å². The van der Waals surface area contributed by atoms with Crippen molar-refractivity contribution >= 4 is 34.3 Å². The van der Waals surface area contributed by atoms with Crippen molar-refractivity contribution in [1.82, 2.24) is 15.6 Å². The molecule has 10 atom stereocenters. The Labute approximate surface area is 346 Å². The SMILES string of the molecule is C[C@H](CCC(=O)OCCOCCOCCN=[N+]=[N-])C1CCC2C3CC[C@@H]4C[C@H](NC(=O)C(CCCCN)Nc5ccc([N+](=O)[O-])c6nonc56)CC[C@]4(C)C3CC[C@@]21C. The largest absolute Gasteiger partial charge is 0.463 e. The van der Waals surface area contributed by atoms with Crippen molar-refractivity contribution in [3.05, 3.63) is 32.7 Å². The standard InChI is InChI=1S/C42H65N9O8/c1-27(7-14-37(52)58-25-24-57-23-22-56-21-20-45-50-44)31-10-11-32-30-9-8-28-26-29(15-17-41(28,2)33(30)16-18-42(31,32)3)46-40(53)35(6-4-5-19-43)47-34-12-13-36(51(54)55)39-38(34)48-59-49-39/h12-13,27-33,35,47H,4-11,14-26,43H2,1-3H3,(H,46,53)/t27-,28-,29-,30?,31?,32?,33?,35?,41+,42-/m1/s1. The van der Waals surface area contributed by atoms with Gasteiger partial charge in [0.15, 0.2) is 5.52 Å². The highest BCUT2D eigenvalue weighted by molar-refractivity contribution is 5.95. The summed E-state index contributed by atoms with van der Waals surface area (Å²) < 4.78 is 21.1. The van der Waals surface area contributed by atoms with E-state index in [-0.39, 0.29) is 46.7 Å². The Morgan fingerprint density at radius 3 is 2.53 bits per heavy atom. The highest BCUT2D eigenvalue weighted by Gasteiger charge is 2.60. The molecular formula is C42H65N9O8. The Morgan fingerprint density at radius 1 is 1.00 bits per heavy atom. The number of unbranched alkanes of at least 4 members (excludes halogenated alkanes) is 1. The highest BCUT2D eigenvalue weighted by Crippen LogP contribution is 2.68. The smallest absolute Gasteiger partial charge is 0.305 e. The summed E-state index contributed by atoms with van der Waals surface area (Å²) in [6.45, 7) is 9.97. The van der Waals surface area contributed by atoms with Gasteiger partial charge >= 0.3 is 11.7 Å². The average molecular weight is 824 g/mol. The van der Waals surface area contributed by atoms with Crippen LogP contribution in [0.5, 0.6) is 0 Å². The quantitative estimate of drug-likeness (QED) is 0.0199. The van der Waals surface area contributed by atoms with E-state index in [0.29, 0.717) is 93.1 Å². The van der Waals surface area contributed by atoms with Crippen molar-refractivity contribution in [3.8, 4) is 0 Å². The van der Waals surface area contributed by atoms with Gasteiger partial charge in [0.1, 0.15) is 12.6 Å². The molecule has 5 unspecified atom stereocenters. The van der Waals surface area contributed by atoms with Gasteiger partial charge in [0.2, 0.25) is 11.4 Å². The maximum absolute atomic E-state index is 14.0. The number of nitro groups is 1. The summed E-state index contributed by atoms with van der Waals surface area (Å²) in [5.74, 6) is 3.50. The Hall–Kier alpha value is -4.05. The fourth-order valence-electron chi connectivity index (χ4n) is 12.0. The van der Waals surface area contributed by atoms with E-state index in [9.17, 15) is 19.7 Å². The fraction of sp³-hybridized carbons (Fsp3) is 0.810. The van der Waals surface area contributed by atoms with E-state index in [1.165, 1.54) is 44.6 Å². The van der Waals surface area contributed by atoms with Crippen LogP contribution in [0.2, 0.25) is 0 Å². The van der Waals surface area contributed by atoms with Gasteiger partial charge < -0.3 is 30.6 Å². The number of nitro benzene ring substituents is 1. The van der Waals surface area contributed by atoms with Crippen LogP contribution in [-0.2, 0) is 23.8 Å². The number of carbonyl (C=O) groups is 2. The summed E-state index contributed by atoms with van der Waals surface area (Å²) in [6.07, 6.45) is 13.8. The third-order valence-corrected chi connectivity index (χ3v) is 15.0. The van der Waals surface area contributed by atoms with Crippen molar-refractivity contribution in [2.24, 2.45) is 57.2 Å². The number of carbonyl (C=O) groups excluding carboxylic acids is 2. The minimum Gasteiger partial charge on any atom is -0.463 e. The van der Waals surface area contributed by atoms with Gasteiger partial charge in [-0.3, -0.25) is 19.7 Å². The first-order valence-electron chi connectivity index (χ1n) is 22.0. The molecule has 17 heteroatoms. The molecule has 0 spiro atoms. The predicted molar refractivity (Wildman–Crippen MR) is 221 cm³/mol. The molecule has 6 rings (SSSR count). The van der Waals surface area contributed by atoms with Crippen LogP contribution >= 0.6 is 0 Å². The lowest BCUT2D eigenvalue weighted by Gasteiger charge is -2.61. The molecule has 4 N–H and O–H groups in total. The molecule has 1 aromatic carbocycles. The van der Waals surface area contributed by atoms with E-state index < -0.39 is 11.0 Å². The number of rotatable bonds is 22. The molecule has 59 heavy (non-hydrogen) atoms. The Bertz CT molecular complexity index is 1790. The molecule has 17 nitrogen and oxygen atoms in total. The zero-order valence-corrected chi connectivity index (χ0v) is 35.1. The molecule has 4 saturated carbocycles. The number of hydrogen-bond acceptors (Lipinski definition) is 13. The second-order valence-electron chi connectivity index (χ2n) is 18.1. The number of non-ortho nitro benzene ring substituents is 1. The molecule has 0 saturated heterocycles. The van der Waals surface area contributed by atoms with E-state index in [1.54, 1.807) is 6.07 Å². The minimum atomic E-state index is -0.564. The van der Waals surface area contributed by atoms with Gasteiger partial charge in [-0.1, -0.05) is 25.9 Å². The van der Waals surface area contributed by atoms with Crippen LogP contribution in [0.15, 0.2) is 21.9 Å². The number of benzene rings is 1. The second kappa shape index (κ2) is 20.5. The Morgan fingerprint density at radius 2 is 1.75 bits per heavy atom. The van der Waals surface area contributed by atoms with Gasteiger partial charge in [-0.25, -0.2) is 4.63 Å². The lowest BCUT2D eigenvalue weighted by atomic mass is 9.44. The number of nitrogens with one attached hydrogen (secondary N) is 2. The average Bonchev–Trinajstić information content (AvgIpc) is 3.86. The van der Waals surface area contributed by atoms with E-state index in [4.69, 9.17) is 30.1 Å². The molecule has 326 valence electrons. The summed E-state index contributed by atoms with van der Waals surface area (Å²) in [5.41, 5.74) is 15.2. The summed E-state index contributed by atoms with van der Waals surface area (Å²) >= 11 is 0. The van der Waals surface area contributed by atoms with Crippen LogP contribution in [0.1, 0.15) is 111 Å². The molecule has 4 aliphatic carbocycles. The number of hydrogen-bond donors (Lipinski definition) is 3. The van der Waals surface area contributed by atoms with Crippen molar-refractivity contribution in [2.75, 3.05) is 51.4 Å². The van der Waals surface area contributed by atoms with Crippen LogP contribution < -0.4 is 16.4 Å². The summed E-state index contributed by atoms with van der Waals surface area (Å²) in [7, 11) is 0. The van der Waals surface area contributed by atoms with Gasteiger partial charge in [-0.05, 0) is 158 Å². The van der Waals surface area contributed by atoms with Crippen molar-refractivity contribution in [3.63, 3.8) is 0 Å². The number of azide groups is 1. The third kappa shape index (κ3) is 10.3. The zero-order valence-electron chi connectivity index (χ0n) is 35.1. The number of esters is 1. The molecular weight excluding hydrogens is 759 g/mol. The van der Waals surface area contributed by atoms with E-state index >= 15 is 0 Å². The first-order valence-corrected chi connectivity index (χ1v) is 22.0. The number of nitrogens with zero attached hydrogens (tertiary/aromatic N) is 6. The van der Waals surface area contributed by atoms with Gasteiger partial charge in [0, 0.05) is 30.0 Å². The molecule has 1 aromatic heterocycles. The van der Waals surface area contributed by atoms with Gasteiger partial charge in [0.25, 0.3) is 0 Å². The number of anilines is 1. The number of aromatic nitrogens is 2. The van der Waals surface area contributed by atoms with E-state index in [0.717, 1.165) is 44.4 Å². The number of nitrogens with two attached hydrogens (primary N) is 1. The third-order valence-electron chi connectivity index (χ3n) is 15.0. The van der Waals surface area contributed by atoms with Gasteiger partial charge in [-0.2, -0.15) is 0 Å². The highest BCUT2D eigenvalue weighted by atomic mass is 16.6. The normalized spacial score (nSPS) is 29.6. The molecule has 4 fully saturated rings. The maximum atomic E-state index is 14.0. The molecule has 1 amide bonds. The monoisotopic (exact) mass is 823 g/mol. The summed E-state index contributed by atoms with van der Waals surface area (Å²) in [4.78, 5) is 40.3. The topological polar surface area (TPSA) is 243 Å². The Balaban J connectivity index is 0.978. The van der Waals surface area contributed by atoms with Crippen molar-refractivity contribution in [2.45, 2.75) is 123 Å².